The lowest BCUT2D eigenvalue weighted by Crippen LogP contribution is -1.96. The van der Waals surface area contributed by atoms with Crippen LogP contribution in [0, 0.1) is 22.7 Å². The Morgan fingerprint density at radius 3 is 2.70 bits per heavy atom. The Bertz CT molecular complexity index is 505. The van der Waals surface area contributed by atoms with E-state index in [0.29, 0.717) is 6.61 Å². The highest BCUT2D eigenvalue weighted by Gasteiger charge is 1.97. The second kappa shape index (κ2) is 9.78. The molecule has 3 heteroatoms. The lowest BCUT2D eigenvalue weighted by molar-refractivity contribution is 0.117. The van der Waals surface area contributed by atoms with Gasteiger partial charge in [0.15, 0.2) is 0 Å². The van der Waals surface area contributed by atoms with Gasteiger partial charge >= 0.3 is 0 Å². The molecular formula is C17H20N2O. The van der Waals surface area contributed by atoms with Crippen LogP contribution in [0.4, 0.5) is 0 Å². The fraction of sp³-hybridized carbons (Fsp3) is 0.412. The van der Waals surface area contributed by atoms with Crippen LogP contribution < -0.4 is 0 Å². The first-order valence-electron chi connectivity index (χ1n) is 6.98. The van der Waals surface area contributed by atoms with Crippen molar-refractivity contribution in [1.29, 1.82) is 10.5 Å². The molecule has 0 saturated carbocycles. The summed E-state index contributed by atoms with van der Waals surface area (Å²) in [6.45, 7) is 3.54. The monoisotopic (exact) mass is 268 g/mol. The minimum absolute atomic E-state index is 0.114. The second-order valence-electron chi connectivity index (χ2n) is 4.64. The summed E-state index contributed by atoms with van der Waals surface area (Å²) in [6, 6.07) is 11.4. The molecule has 0 unspecified atom stereocenters. The molecule has 0 N–H and O–H groups in total. The Morgan fingerprint density at radius 2 is 2.00 bits per heavy atom. The van der Waals surface area contributed by atoms with Crippen molar-refractivity contribution in [3.05, 3.63) is 41.0 Å². The number of unbranched alkanes of at least 4 members (excludes halogenated alkanes) is 3. The van der Waals surface area contributed by atoms with Crippen LogP contribution in [-0.4, -0.2) is 6.61 Å². The smallest absolute Gasteiger partial charge is 0.130 e. The first kappa shape index (κ1) is 16.0. The van der Waals surface area contributed by atoms with Crippen LogP contribution in [0.25, 0.3) is 6.08 Å². The van der Waals surface area contributed by atoms with Gasteiger partial charge in [-0.05, 0) is 29.7 Å². The van der Waals surface area contributed by atoms with Gasteiger partial charge in [0.1, 0.15) is 17.7 Å². The Morgan fingerprint density at radius 1 is 1.20 bits per heavy atom. The van der Waals surface area contributed by atoms with Crippen molar-refractivity contribution < 1.29 is 4.74 Å². The standard InChI is InChI=1S/C17H20N2O/c1-2-3-4-5-9-20-14-16-8-6-7-15(10-16)11-17(12-18)13-19/h6-8,10-11H,2-5,9,14H2,1H3. The minimum Gasteiger partial charge on any atom is -0.377 e. The minimum atomic E-state index is 0.114. The zero-order valence-corrected chi connectivity index (χ0v) is 11.9. The molecule has 1 aromatic carbocycles. The predicted octanol–water partition coefficient (Wildman–Crippen LogP) is 4.21. The van der Waals surface area contributed by atoms with E-state index in [0.717, 1.165) is 24.2 Å². The van der Waals surface area contributed by atoms with Crippen molar-refractivity contribution in [2.75, 3.05) is 6.61 Å². The molecular weight excluding hydrogens is 248 g/mol. The van der Waals surface area contributed by atoms with E-state index < -0.39 is 0 Å². The van der Waals surface area contributed by atoms with Gasteiger partial charge in [-0.15, -0.1) is 0 Å². The molecule has 0 radical (unpaired) electrons. The molecule has 20 heavy (non-hydrogen) atoms. The maximum atomic E-state index is 8.74. The number of hydrogen-bond acceptors (Lipinski definition) is 3. The van der Waals surface area contributed by atoms with Crippen molar-refractivity contribution in [3.63, 3.8) is 0 Å². The average molecular weight is 268 g/mol. The van der Waals surface area contributed by atoms with Gasteiger partial charge in [-0.25, -0.2) is 0 Å². The van der Waals surface area contributed by atoms with E-state index in [2.05, 4.69) is 6.92 Å². The third kappa shape index (κ3) is 6.18. The van der Waals surface area contributed by atoms with Gasteiger partial charge in [-0.2, -0.15) is 10.5 Å². The van der Waals surface area contributed by atoms with E-state index in [9.17, 15) is 0 Å². The lowest BCUT2D eigenvalue weighted by atomic mass is 10.1. The molecule has 0 aliphatic rings. The highest BCUT2D eigenvalue weighted by molar-refractivity contribution is 5.62. The number of rotatable bonds is 8. The highest BCUT2D eigenvalue weighted by atomic mass is 16.5. The molecule has 104 valence electrons. The van der Waals surface area contributed by atoms with Crippen molar-refractivity contribution in [2.45, 2.75) is 39.2 Å². The quantitative estimate of drug-likeness (QED) is 0.524. The van der Waals surface area contributed by atoms with E-state index in [1.165, 1.54) is 19.3 Å². The van der Waals surface area contributed by atoms with Crippen molar-refractivity contribution in [1.82, 2.24) is 0 Å². The van der Waals surface area contributed by atoms with Crippen molar-refractivity contribution >= 4 is 6.08 Å². The summed E-state index contributed by atoms with van der Waals surface area (Å²) in [5.74, 6) is 0. The largest absolute Gasteiger partial charge is 0.377 e. The molecule has 0 spiro atoms. The number of ether oxygens (including phenoxy) is 1. The Balaban J connectivity index is 2.47. The molecule has 0 atom stereocenters. The van der Waals surface area contributed by atoms with Crippen LogP contribution in [0.1, 0.15) is 43.7 Å². The van der Waals surface area contributed by atoms with Crippen LogP contribution in [0.5, 0.6) is 0 Å². The zero-order chi connectivity index (χ0) is 14.6. The highest BCUT2D eigenvalue weighted by Crippen LogP contribution is 2.11. The SMILES string of the molecule is CCCCCCOCc1cccc(C=C(C#N)C#N)c1. The van der Waals surface area contributed by atoms with E-state index in [1.54, 1.807) is 6.08 Å². The van der Waals surface area contributed by atoms with Crippen LogP contribution in [0.2, 0.25) is 0 Å². The number of benzene rings is 1. The summed E-state index contributed by atoms with van der Waals surface area (Å²) in [6.07, 6.45) is 6.39. The number of nitriles is 2. The maximum absolute atomic E-state index is 8.74. The third-order valence-corrected chi connectivity index (χ3v) is 2.91. The second-order valence-corrected chi connectivity index (χ2v) is 4.64. The van der Waals surface area contributed by atoms with Gasteiger partial charge < -0.3 is 4.74 Å². The van der Waals surface area contributed by atoms with E-state index in [1.807, 2.05) is 36.4 Å². The van der Waals surface area contributed by atoms with Crippen molar-refractivity contribution in [3.8, 4) is 12.1 Å². The van der Waals surface area contributed by atoms with E-state index >= 15 is 0 Å². The molecule has 0 fully saturated rings. The van der Waals surface area contributed by atoms with Gasteiger partial charge in [0.25, 0.3) is 0 Å². The third-order valence-electron chi connectivity index (χ3n) is 2.91. The average Bonchev–Trinajstić information content (AvgIpc) is 2.49. The molecule has 0 saturated heterocycles. The van der Waals surface area contributed by atoms with Gasteiger partial charge in [0, 0.05) is 6.61 Å². The molecule has 3 nitrogen and oxygen atoms in total. The predicted molar refractivity (Wildman–Crippen MR) is 79.4 cm³/mol. The van der Waals surface area contributed by atoms with Gasteiger partial charge in [-0.3, -0.25) is 0 Å². The van der Waals surface area contributed by atoms with Gasteiger partial charge in [0.2, 0.25) is 0 Å². The fourth-order valence-electron chi connectivity index (χ4n) is 1.85. The normalized spacial score (nSPS) is 9.55. The molecule has 0 aliphatic heterocycles. The Labute approximate surface area is 121 Å². The number of allylic oxidation sites excluding steroid dienone is 1. The van der Waals surface area contributed by atoms with Crippen LogP contribution >= 0.6 is 0 Å². The molecule has 0 aliphatic carbocycles. The van der Waals surface area contributed by atoms with Crippen molar-refractivity contribution in [2.24, 2.45) is 0 Å². The Kier molecular flexibility index (Phi) is 7.80. The van der Waals surface area contributed by atoms with Crippen LogP contribution in [0.15, 0.2) is 29.8 Å². The number of nitrogens with zero attached hydrogens (tertiary/aromatic N) is 2. The Hall–Kier alpha value is -2.10. The summed E-state index contributed by atoms with van der Waals surface area (Å²) >= 11 is 0. The molecule has 0 aromatic heterocycles. The first-order valence-corrected chi connectivity index (χ1v) is 6.98. The number of hydrogen-bond donors (Lipinski definition) is 0. The summed E-state index contributed by atoms with van der Waals surface area (Å²) in [7, 11) is 0. The van der Waals surface area contributed by atoms with Crippen LogP contribution in [0.3, 0.4) is 0 Å². The summed E-state index contributed by atoms with van der Waals surface area (Å²) in [5, 5.41) is 17.5. The first-order chi connectivity index (χ1) is 9.80. The zero-order valence-electron chi connectivity index (χ0n) is 11.9. The summed E-state index contributed by atoms with van der Waals surface area (Å²) < 4.78 is 5.63. The van der Waals surface area contributed by atoms with Crippen LogP contribution in [-0.2, 0) is 11.3 Å². The molecule has 1 aromatic rings. The van der Waals surface area contributed by atoms with E-state index in [4.69, 9.17) is 15.3 Å². The maximum Gasteiger partial charge on any atom is 0.130 e. The lowest BCUT2D eigenvalue weighted by Gasteiger charge is -2.05. The topological polar surface area (TPSA) is 56.8 Å². The molecule has 0 heterocycles. The summed E-state index contributed by atoms with van der Waals surface area (Å²) in [5.41, 5.74) is 2.03. The van der Waals surface area contributed by atoms with E-state index in [-0.39, 0.29) is 5.57 Å². The molecule has 1 rings (SSSR count). The fourth-order valence-corrected chi connectivity index (χ4v) is 1.85. The van der Waals surface area contributed by atoms with Gasteiger partial charge in [0.05, 0.1) is 6.61 Å². The molecule has 0 amide bonds. The summed E-state index contributed by atoms with van der Waals surface area (Å²) in [4.78, 5) is 0. The van der Waals surface area contributed by atoms with Gasteiger partial charge in [-0.1, -0.05) is 44.4 Å². The molecule has 0 bridgehead atoms.